The van der Waals surface area contributed by atoms with Gasteiger partial charge in [-0.15, -0.1) is 0 Å². The molecular formula is C29H43N3O8. The molecule has 222 valence electrons. The van der Waals surface area contributed by atoms with Gasteiger partial charge in [0.25, 0.3) is 5.91 Å². The van der Waals surface area contributed by atoms with Gasteiger partial charge < -0.3 is 29.1 Å². The van der Waals surface area contributed by atoms with E-state index < -0.39 is 17.9 Å². The minimum atomic E-state index is -0.742. The lowest BCUT2D eigenvalue weighted by Gasteiger charge is -2.34. The molecule has 0 radical (unpaired) electrons. The number of aliphatic hydroxyl groups is 1. The van der Waals surface area contributed by atoms with Gasteiger partial charge in [0.15, 0.2) is 6.29 Å². The maximum Gasteiger partial charge on any atom is 0.255 e. The first kappa shape index (κ1) is 31.7. The van der Waals surface area contributed by atoms with E-state index >= 15 is 0 Å². The normalized spacial score (nSPS) is 19.8. The van der Waals surface area contributed by atoms with Gasteiger partial charge in [0.05, 0.1) is 31.0 Å². The number of aldehydes is 1. The lowest BCUT2D eigenvalue weighted by Crippen LogP contribution is -2.53. The van der Waals surface area contributed by atoms with Crippen LogP contribution >= 0.6 is 0 Å². The molecule has 0 bridgehead atoms. The van der Waals surface area contributed by atoms with Crippen molar-refractivity contribution in [3.05, 3.63) is 29.3 Å². The van der Waals surface area contributed by atoms with Gasteiger partial charge in [-0.1, -0.05) is 0 Å². The minimum Gasteiger partial charge on any atom is -0.393 e. The second-order valence-corrected chi connectivity index (χ2v) is 10.4. The molecule has 3 amide bonds. The van der Waals surface area contributed by atoms with E-state index in [-0.39, 0.29) is 42.1 Å². The van der Waals surface area contributed by atoms with E-state index in [0.717, 1.165) is 50.9 Å². The average molecular weight is 562 g/mol. The Balaban J connectivity index is 0.000000792. The van der Waals surface area contributed by atoms with Gasteiger partial charge in [0, 0.05) is 58.1 Å². The summed E-state index contributed by atoms with van der Waals surface area (Å²) in [6.07, 6.45) is 7.25. The summed E-state index contributed by atoms with van der Waals surface area (Å²) < 4.78 is 16.4. The Morgan fingerprint density at radius 3 is 2.42 bits per heavy atom. The van der Waals surface area contributed by atoms with E-state index in [1.165, 1.54) is 18.4 Å². The van der Waals surface area contributed by atoms with Crippen molar-refractivity contribution in [1.29, 1.82) is 0 Å². The number of nitrogens with one attached hydrogen (secondary N) is 1. The molecule has 0 spiro atoms. The van der Waals surface area contributed by atoms with Crippen LogP contribution in [0.25, 0.3) is 0 Å². The van der Waals surface area contributed by atoms with E-state index in [9.17, 15) is 19.2 Å². The number of imide groups is 1. The van der Waals surface area contributed by atoms with Gasteiger partial charge in [0.1, 0.15) is 6.04 Å². The molecule has 2 heterocycles. The van der Waals surface area contributed by atoms with E-state index in [1.54, 1.807) is 19.2 Å². The minimum absolute atomic E-state index is 0.0648. The van der Waals surface area contributed by atoms with Crippen LogP contribution in [0.2, 0.25) is 0 Å². The molecule has 11 heteroatoms. The molecule has 2 aliphatic heterocycles. The van der Waals surface area contributed by atoms with E-state index in [2.05, 4.69) is 10.2 Å². The van der Waals surface area contributed by atoms with Gasteiger partial charge in [0.2, 0.25) is 11.8 Å². The largest absolute Gasteiger partial charge is 0.393 e. The summed E-state index contributed by atoms with van der Waals surface area (Å²) in [5.41, 5.74) is 1.38. The van der Waals surface area contributed by atoms with Gasteiger partial charge in [-0.3, -0.25) is 24.5 Å². The number of benzene rings is 1. The Labute approximate surface area is 236 Å². The predicted octanol–water partition coefficient (Wildman–Crippen LogP) is 1.95. The van der Waals surface area contributed by atoms with Crippen molar-refractivity contribution < 1.29 is 38.5 Å². The van der Waals surface area contributed by atoms with Crippen LogP contribution in [0.1, 0.15) is 72.1 Å². The fraction of sp³-hybridized carbons (Fsp3) is 0.655. The topological polar surface area (TPSA) is 135 Å². The molecular weight excluding hydrogens is 518 g/mol. The summed E-state index contributed by atoms with van der Waals surface area (Å²) in [6, 6.07) is 4.43. The van der Waals surface area contributed by atoms with Crippen LogP contribution in [0, 0.1) is 0 Å². The first-order valence-corrected chi connectivity index (χ1v) is 14.2. The highest BCUT2D eigenvalue weighted by Crippen LogP contribution is 2.25. The van der Waals surface area contributed by atoms with Crippen LogP contribution in [0.15, 0.2) is 18.2 Å². The quantitative estimate of drug-likeness (QED) is 0.223. The number of hydrogen-bond donors (Lipinski definition) is 2. The summed E-state index contributed by atoms with van der Waals surface area (Å²) in [5.74, 6) is -1.26. The molecule has 4 rings (SSSR count). The number of likely N-dealkylation sites (N-methyl/N-ethyl adjacent to an activating group) is 1. The van der Waals surface area contributed by atoms with Gasteiger partial charge in [-0.25, -0.2) is 0 Å². The van der Waals surface area contributed by atoms with Crippen LogP contribution in [-0.4, -0.2) is 106 Å². The van der Waals surface area contributed by atoms with Crippen LogP contribution in [0.3, 0.4) is 0 Å². The van der Waals surface area contributed by atoms with Crippen LogP contribution in [0.4, 0.5) is 5.69 Å². The molecule has 1 aromatic carbocycles. The number of carbonyl (C=O) groups excluding carboxylic acids is 4. The molecule has 40 heavy (non-hydrogen) atoms. The fourth-order valence-electron chi connectivity index (χ4n) is 4.77. The van der Waals surface area contributed by atoms with E-state index in [0.29, 0.717) is 32.7 Å². The zero-order valence-corrected chi connectivity index (χ0v) is 23.6. The Bertz CT molecular complexity index is 991. The van der Waals surface area contributed by atoms with Gasteiger partial charge in [-0.2, -0.15) is 0 Å². The molecule has 1 aromatic rings. The molecule has 1 unspecified atom stereocenters. The Morgan fingerprint density at radius 1 is 1.10 bits per heavy atom. The zero-order chi connectivity index (χ0) is 28.9. The molecule has 1 atom stereocenters. The number of hydrogen-bond acceptors (Lipinski definition) is 9. The predicted molar refractivity (Wildman–Crippen MR) is 148 cm³/mol. The molecule has 2 N–H and O–H groups in total. The first-order chi connectivity index (χ1) is 19.3. The van der Waals surface area contributed by atoms with Crippen molar-refractivity contribution in [3.63, 3.8) is 0 Å². The molecule has 1 saturated carbocycles. The summed E-state index contributed by atoms with van der Waals surface area (Å²) in [6.45, 7) is 4.04. The lowest BCUT2D eigenvalue weighted by atomic mass is 9.97. The summed E-state index contributed by atoms with van der Waals surface area (Å²) in [7, 11) is 3.19. The highest BCUT2D eigenvalue weighted by Gasteiger charge is 2.33. The van der Waals surface area contributed by atoms with Crippen LogP contribution in [-0.2, 0) is 23.8 Å². The Morgan fingerprint density at radius 2 is 1.82 bits per heavy atom. The van der Waals surface area contributed by atoms with Crippen molar-refractivity contribution in [2.24, 2.45) is 0 Å². The van der Waals surface area contributed by atoms with Crippen molar-refractivity contribution in [3.8, 4) is 0 Å². The number of carbonyl (C=O) groups is 4. The van der Waals surface area contributed by atoms with Crippen molar-refractivity contribution in [2.75, 3.05) is 58.6 Å². The number of amides is 3. The third kappa shape index (κ3) is 9.36. The third-order valence-corrected chi connectivity index (χ3v) is 7.49. The first-order valence-electron chi connectivity index (χ1n) is 14.2. The number of rotatable bonds is 12. The average Bonchev–Trinajstić information content (AvgIpc) is 2.95. The van der Waals surface area contributed by atoms with Crippen LogP contribution < -0.4 is 10.2 Å². The van der Waals surface area contributed by atoms with Crippen molar-refractivity contribution in [2.45, 2.75) is 69.6 Å². The highest BCUT2D eigenvalue weighted by molar-refractivity contribution is 6.06. The summed E-state index contributed by atoms with van der Waals surface area (Å²) >= 11 is 0. The molecule has 3 aliphatic rings. The summed E-state index contributed by atoms with van der Waals surface area (Å²) in [5, 5.41) is 10.7. The maximum absolute atomic E-state index is 13.0. The van der Waals surface area contributed by atoms with Crippen molar-refractivity contribution in [1.82, 2.24) is 10.2 Å². The number of methoxy groups -OCH3 is 1. The second kappa shape index (κ2) is 16.4. The number of ether oxygens (including phenoxy) is 3. The standard InChI is InChI=1S/C25H35N3O7.C4H8O/c1-27(22-6-7-23(30)26-24(22)31)25(32)21-5-4-19(16-18(21)17-29)28-10-8-20(9-11-28)35-15-14-34-13-3-12-33-2;5-4-2-1-3-4/h4-5,16-17,20,22H,3,6-15H2,1-2H3,(H,26,30,31);4-5H,1-3H2. The smallest absolute Gasteiger partial charge is 0.255 e. The Hall–Kier alpha value is -2.86. The zero-order valence-electron chi connectivity index (χ0n) is 23.6. The third-order valence-electron chi connectivity index (χ3n) is 7.49. The van der Waals surface area contributed by atoms with Gasteiger partial charge >= 0.3 is 0 Å². The molecule has 0 aromatic heterocycles. The Kier molecular flexibility index (Phi) is 13.0. The number of aliphatic hydroxyl groups excluding tert-OH is 1. The maximum atomic E-state index is 13.0. The van der Waals surface area contributed by atoms with Crippen molar-refractivity contribution >= 4 is 29.7 Å². The monoisotopic (exact) mass is 561 g/mol. The van der Waals surface area contributed by atoms with E-state index in [1.807, 2.05) is 6.07 Å². The molecule has 1 aliphatic carbocycles. The second-order valence-electron chi connectivity index (χ2n) is 10.4. The fourth-order valence-corrected chi connectivity index (χ4v) is 4.77. The number of piperidine rings is 2. The molecule has 11 nitrogen and oxygen atoms in total. The highest BCUT2D eigenvalue weighted by atomic mass is 16.5. The van der Waals surface area contributed by atoms with Gasteiger partial charge in [-0.05, 0) is 63.1 Å². The SMILES string of the molecule is COCCCOCCOC1CCN(c2ccc(C(=O)N(C)C3CCC(=O)NC3=O)c(C=O)c2)CC1.OC1CCC1. The lowest BCUT2D eigenvalue weighted by molar-refractivity contribution is -0.136. The van der Waals surface area contributed by atoms with Crippen LogP contribution in [0.5, 0.6) is 0 Å². The number of nitrogens with zero attached hydrogens (tertiary/aromatic N) is 2. The summed E-state index contributed by atoms with van der Waals surface area (Å²) in [4.78, 5) is 51.8. The number of anilines is 1. The molecule has 3 fully saturated rings. The molecule has 2 saturated heterocycles. The van der Waals surface area contributed by atoms with E-state index in [4.69, 9.17) is 19.3 Å².